The Hall–Kier alpha value is -2.10. The van der Waals surface area contributed by atoms with E-state index >= 15 is 0 Å². The predicted molar refractivity (Wildman–Crippen MR) is 124 cm³/mol. The standard InChI is InChI=1S/C20H30N6O.HI/c1-20(2,3)25-18(27)14-24-19(21-4)23-11-10-17-22-12-13-26(17)15-16-8-6-5-7-9-16;/h5-9,12-13H,10-11,14-15H2,1-4H3,(H,25,27)(H2,21,23,24);1H. The molecular weight excluding hydrogens is 467 g/mol. The van der Waals surface area contributed by atoms with Gasteiger partial charge in [-0.05, 0) is 26.3 Å². The fraction of sp³-hybridized carbons (Fsp3) is 0.450. The van der Waals surface area contributed by atoms with Crippen molar-refractivity contribution in [1.82, 2.24) is 25.5 Å². The highest BCUT2D eigenvalue weighted by Crippen LogP contribution is 2.05. The molecule has 0 saturated heterocycles. The summed E-state index contributed by atoms with van der Waals surface area (Å²) in [6.07, 6.45) is 4.57. The minimum atomic E-state index is -0.245. The number of carbonyl (C=O) groups excluding carboxylic acids is 1. The number of imidazole rings is 1. The number of aliphatic imine (C=N–C) groups is 1. The smallest absolute Gasteiger partial charge is 0.239 e. The molecule has 0 fully saturated rings. The maximum Gasteiger partial charge on any atom is 0.239 e. The summed E-state index contributed by atoms with van der Waals surface area (Å²) in [5, 5.41) is 9.16. The Morgan fingerprint density at radius 2 is 1.89 bits per heavy atom. The number of nitrogens with one attached hydrogen (secondary N) is 3. The third-order valence-corrected chi connectivity index (χ3v) is 3.79. The van der Waals surface area contributed by atoms with Gasteiger partial charge >= 0.3 is 0 Å². The number of nitrogens with zero attached hydrogens (tertiary/aromatic N) is 3. The summed E-state index contributed by atoms with van der Waals surface area (Å²) in [4.78, 5) is 20.5. The maximum atomic E-state index is 11.9. The fourth-order valence-electron chi connectivity index (χ4n) is 2.63. The lowest BCUT2D eigenvalue weighted by molar-refractivity contribution is -0.121. The van der Waals surface area contributed by atoms with Gasteiger partial charge < -0.3 is 20.5 Å². The first-order chi connectivity index (χ1) is 12.9. The average molecular weight is 498 g/mol. The summed E-state index contributed by atoms with van der Waals surface area (Å²) in [5.41, 5.74) is 0.998. The highest BCUT2D eigenvalue weighted by atomic mass is 127. The second kappa shape index (κ2) is 11.7. The van der Waals surface area contributed by atoms with E-state index in [0.717, 1.165) is 18.8 Å². The van der Waals surface area contributed by atoms with E-state index in [1.807, 2.05) is 51.4 Å². The zero-order valence-electron chi connectivity index (χ0n) is 17.0. The normalized spacial score (nSPS) is 11.5. The minimum Gasteiger partial charge on any atom is -0.356 e. The molecule has 0 aliphatic carbocycles. The number of amides is 1. The van der Waals surface area contributed by atoms with Crippen LogP contribution >= 0.6 is 24.0 Å². The van der Waals surface area contributed by atoms with Crippen molar-refractivity contribution in [2.45, 2.75) is 39.3 Å². The lowest BCUT2D eigenvalue weighted by Gasteiger charge is -2.21. The van der Waals surface area contributed by atoms with Gasteiger partial charge in [-0.1, -0.05) is 30.3 Å². The van der Waals surface area contributed by atoms with Gasteiger partial charge in [0.05, 0.1) is 6.54 Å². The van der Waals surface area contributed by atoms with Gasteiger partial charge in [0.1, 0.15) is 5.82 Å². The molecule has 28 heavy (non-hydrogen) atoms. The quantitative estimate of drug-likeness (QED) is 0.311. The first-order valence-corrected chi connectivity index (χ1v) is 9.17. The first-order valence-electron chi connectivity index (χ1n) is 9.17. The van der Waals surface area contributed by atoms with Crippen molar-refractivity contribution in [3.63, 3.8) is 0 Å². The van der Waals surface area contributed by atoms with Crippen molar-refractivity contribution in [2.24, 2.45) is 4.99 Å². The Bertz CT molecular complexity index is 752. The van der Waals surface area contributed by atoms with Gasteiger partial charge in [0.2, 0.25) is 5.91 Å². The monoisotopic (exact) mass is 498 g/mol. The van der Waals surface area contributed by atoms with Gasteiger partial charge in [-0.25, -0.2) is 4.98 Å². The van der Waals surface area contributed by atoms with Gasteiger partial charge in [0, 0.05) is 44.5 Å². The van der Waals surface area contributed by atoms with Crippen molar-refractivity contribution in [2.75, 3.05) is 20.1 Å². The first kappa shape index (κ1) is 23.9. The molecule has 1 amide bonds. The summed E-state index contributed by atoms with van der Waals surface area (Å²) in [5.74, 6) is 1.54. The van der Waals surface area contributed by atoms with Crippen LogP contribution in [0.3, 0.4) is 0 Å². The molecule has 1 aromatic carbocycles. The van der Waals surface area contributed by atoms with Crippen molar-refractivity contribution >= 4 is 35.8 Å². The number of guanidine groups is 1. The van der Waals surface area contributed by atoms with E-state index in [9.17, 15) is 4.79 Å². The number of carbonyl (C=O) groups is 1. The molecule has 2 rings (SSSR count). The van der Waals surface area contributed by atoms with E-state index in [2.05, 4.69) is 42.6 Å². The van der Waals surface area contributed by atoms with Crippen molar-refractivity contribution in [3.05, 3.63) is 54.1 Å². The molecule has 3 N–H and O–H groups in total. The lowest BCUT2D eigenvalue weighted by Crippen LogP contribution is -2.48. The fourth-order valence-corrected chi connectivity index (χ4v) is 2.63. The highest BCUT2D eigenvalue weighted by molar-refractivity contribution is 14.0. The van der Waals surface area contributed by atoms with Crippen LogP contribution in [0.25, 0.3) is 0 Å². The van der Waals surface area contributed by atoms with E-state index < -0.39 is 0 Å². The molecule has 1 heterocycles. The summed E-state index contributed by atoms with van der Waals surface area (Å²) < 4.78 is 2.14. The van der Waals surface area contributed by atoms with Crippen molar-refractivity contribution in [1.29, 1.82) is 0 Å². The number of hydrogen-bond donors (Lipinski definition) is 3. The molecule has 8 heteroatoms. The molecule has 154 valence electrons. The predicted octanol–water partition coefficient (Wildman–Crippen LogP) is 2.17. The Kier molecular flexibility index (Phi) is 9.98. The summed E-state index contributed by atoms with van der Waals surface area (Å²) in [7, 11) is 1.69. The Morgan fingerprint density at radius 1 is 1.18 bits per heavy atom. The Morgan fingerprint density at radius 3 is 2.54 bits per heavy atom. The molecule has 1 aromatic heterocycles. The topological polar surface area (TPSA) is 83.3 Å². The van der Waals surface area contributed by atoms with E-state index in [4.69, 9.17) is 0 Å². The Balaban J connectivity index is 0.00000392. The lowest BCUT2D eigenvalue weighted by atomic mass is 10.1. The molecule has 0 saturated carbocycles. The van der Waals surface area contributed by atoms with Crippen LogP contribution in [0.15, 0.2) is 47.7 Å². The second-order valence-electron chi connectivity index (χ2n) is 7.36. The number of aromatic nitrogens is 2. The van der Waals surface area contributed by atoms with E-state index in [1.54, 1.807) is 7.05 Å². The molecule has 0 aliphatic rings. The van der Waals surface area contributed by atoms with Crippen molar-refractivity contribution in [3.8, 4) is 0 Å². The van der Waals surface area contributed by atoms with Crippen LogP contribution in [0.2, 0.25) is 0 Å². The van der Waals surface area contributed by atoms with E-state index in [1.165, 1.54) is 5.56 Å². The van der Waals surface area contributed by atoms with Gasteiger partial charge in [0.15, 0.2) is 5.96 Å². The summed E-state index contributed by atoms with van der Waals surface area (Å²) in [6.45, 7) is 7.52. The Labute approximate surface area is 184 Å². The van der Waals surface area contributed by atoms with Gasteiger partial charge in [0.25, 0.3) is 0 Å². The molecule has 0 unspecified atom stereocenters. The molecule has 0 spiro atoms. The third kappa shape index (κ3) is 8.73. The number of benzene rings is 1. The largest absolute Gasteiger partial charge is 0.356 e. The van der Waals surface area contributed by atoms with Gasteiger partial charge in [-0.3, -0.25) is 9.79 Å². The molecule has 0 atom stereocenters. The van der Waals surface area contributed by atoms with Crippen molar-refractivity contribution < 1.29 is 4.79 Å². The number of halogens is 1. The number of hydrogen-bond acceptors (Lipinski definition) is 3. The summed E-state index contributed by atoms with van der Waals surface area (Å²) >= 11 is 0. The third-order valence-electron chi connectivity index (χ3n) is 3.79. The zero-order valence-corrected chi connectivity index (χ0v) is 19.4. The molecular formula is C20H31IN6O. The molecule has 0 bridgehead atoms. The average Bonchev–Trinajstić information content (AvgIpc) is 3.04. The molecule has 0 radical (unpaired) electrons. The summed E-state index contributed by atoms with van der Waals surface area (Å²) in [6, 6.07) is 10.3. The minimum absolute atomic E-state index is 0. The van der Waals surface area contributed by atoms with Crippen LogP contribution in [0.1, 0.15) is 32.2 Å². The molecule has 7 nitrogen and oxygen atoms in total. The van der Waals surface area contributed by atoms with Crippen LogP contribution in [0, 0.1) is 0 Å². The SMILES string of the molecule is CN=C(NCCc1nccn1Cc1ccccc1)NCC(=O)NC(C)(C)C.I. The second-order valence-corrected chi connectivity index (χ2v) is 7.36. The van der Waals surface area contributed by atoms with E-state index in [0.29, 0.717) is 12.5 Å². The molecule has 2 aromatic rings. The van der Waals surface area contributed by atoms with Gasteiger partial charge in [-0.15, -0.1) is 24.0 Å². The zero-order chi connectivity index (χ0) is 19.7. The van der Waals surface area contributed by atoms with Crippen LogP contribution in [0.4, 0.5) is 0 Å². The maximum absolute atomic E-state index is 11.9. The molecule has 0 aliphatic heterocycles. The van der Waals surface area contributed by atoms with Crippen LogP contribution < -0.4 is 16.0 Å². The van der Waals surface area contributed by atoms with E-state index in [-0.39, 0.29) is 42.0 Å². The number of rotatable bonds is 7. The highest BCUT2D eigenvalue weighted by Gasteiger charge is 2.13. The van der Waals surface area contributed by atoms with Crippen LogP contribution in [0.5, 0.6) is 0 Å². The van der Waals surface area contributed by atoms with Gasteiger partial charge in [-0.2, -0.15) is 0 Å². The van der Waals surface area contributed by atoms with Crippen LogP contribution in [-0.4, -0.2) is 47.1 Å². The van der Waals surface area contributed by atoms with Crippen LogP contribution in [-0.2, 0) is 17.8 Å².